The number of Topliss-reactive ketones (excluding diaryl/α,β-unsaturated/α-hetero) is 1. The summed E-state index contributed by atoms with van der Waals surface area (Å²) in [6.45, 7) is 1.75. The van der Waals surface area contributed by atoms with Gasteiger partial charge in [-0.15, -0.1) is 0 Å². The Morgan fingerprint density at radius 1 is 1.21 bits per heavy atom. The number of benzene rings is 1. The molecule has 0 spiro atoms. The number of rotatable bonds is 4. The van der Waals surface area contributed by atoms with Gasteiger partial charge in [-0.05, 0) is 31.9 Å². The fraction of sp³-hybridized carbons (Fsp3) is 0.467. The van der Waals surface area contributed by atoms with Crippen molar-refractivity contribution < 1.29 is 14.3 Å². The number of ketones is 1. The zero-order chi connectivity index (χ0) is 13.9. The average molecular weight is 325 g/mol. The van der Waals surface area contributed by atoms with Gasteiger partial charge in [-0.1, -0.05) is 40.9 Å². The molecule has 0 unspecified atom stereocenters. The fourth-order valence-electron chi connectivity index (χ4n) is 2.38. The van der Waals surface area contributed by atoms with Crippen molar-refractivity contribution in [1.29, 1.82) is 0 Å². The Labute approximate surface area is 121 Å². The molecule has 0 saturated heterocycles. The van der Waals surface area contributed by atoms with Crippen LogP contribution < -0.4 is 0 Å². The van der Waals surface area contributed by atoms with Crippen LogP contribution in [-0.2, 0) is 9.53 Å². The van der Waals surface area contributed by atoms with E-state index in [-0.39, 0.29) is 23.8 Å². The second-order valence-electron chi connectivity index (χ2n) is 5.27. The number of hydrogen-bond acceptors (Lipinski definition) is 3. The molecule has 1 saturated carbocycles. The summed E-state index contributed by atoms with van der Waals surface area (Å²) in [5.41, 5.74) is 0.174. The smallest absolute Gasteiger partial charge is 0.312 e. The number of halogens is 1. The topological polar surface area (TPSA) is 43.4 Å². The van der Waals surface area contributed by atoms with Crippen LogP contribution in [0.2, 0.25) is 0 Å². The van der Waals surface area contributed by atoms with E-state index in [1.54, 1.807) is 24.3 Å². The van der Waals surface area contributed by atoms with Crippen molar-refractivity contribution in [2.45, 2.75) is 32.6 Å². The highest BCUT2D eigenvalue weighted by Crippen LogP contribution is 2.38. The first kappa shape index (κ1) is 14.3. The van der Waals surface area contributed by atoms with E-state index in [2.05, 4.69) is 15.9 Å². The molecule has 1 aliphatic carbocycles. The summed E-state index contributed by atoms with van der Waals surface area (Å²) in [7, 11) is 0. The van der Waals surface area contributed by atoms with Crippen LogP contribution in [0.25, 0.3) is 0 Å². The maximum Gasteiger partial charge on any atom is 0.312 e. The Balaban J connectivity index is 1.90. The SMILES string of the molecule is CC1(C(=O)OCC(=O)c2ccc(Br)cc2)CCCC1. The lowest BCUT2D eigenvalue weighted by Gasteiger charge is -2.20. The molecular formula is C15H17BrO3. The van der Waals surface area contributed by atoms with Crippen molar-refractivity contribution in [3.8, 4) is 0 Å². The Morgan fingerprint density at radius 3 is 2.37 bits per heavy atom. The number of hydrogen-bond donors (Lipinski definition) is 0. The Kier molecular flexibility index (Phi) is 4.40. The van der Waals surface area contributed by atoms with Gasteiger partial charge in [0, 0.05) is 10.0 Å². The van der Waals surface area contributed by atoms with E-state index < -0.39 is 0 Å². The van der Waals surface area contributed by atoms with Crippen molar-refractivity contribution in [2.24, 2.45) is 5.41 Å². The summed E-state index contributed by atoms with van der Waals surface area (Å²) in [4.78, 5) is 23.9. The highest BCUT2D eigenvalue weighted by molar-refractivity contribution is 9.10. The predicted octanol–water partition coefficient (Wildman–Crippen LogP) is 3.76. The van der Waals surface area contributed by atoms with E-state index in [0.717, 1.165) is 30.2 Å². The highest BCUT2D eigenvalue weighted by Gasteiger charge is 2.37. The van der Waals surface area contributed by atoms with E-state index in [4.69, 9.17) is 4.74 Å². The Hall–Kier alpha value is -1.16. The van der Waals surface area contributed by atoms with Crippen LogP contribution in [0.1, 0.15) is 43.0 Å². The van der Waals surface area contributed by atoms with Gasteiger partial charge in [0.2, 0.25) is 0 Å². The molecule has 1 aliphatic rings. The second-order valence-corrected chi connectivity index (χ2v) is 6.19. The van der Waals surface area contributed by atoms with Gasteiger partial charge in [-0.25, -0.2) is 0 Å². The Bertz CT molecular complexity index is 473. The highest BCUT2D eigenvalue weighted by atomic mass is 79.9. The molecule has 0 amide bonds. The first-order valence-corrected chi connectivity index (χ1v) is 7.27. The quantitative estimate of drug-likeness (QED) is 0.625. The van der Waals surface area contributed by atoms with Crippen LogP contribution in [0.3, 0.4) is 0 Å². The molecule has 1 fully saturated rings. The van der Waals surface area contributed by atoms with Crippen LogP contribution in [0.4, 0.5) is 0 Å². The molecule has 1 aromatic rings. The summed E-state index contributed by atoms with van der Waals surface area (Å²) < 4.78 is 6.09. The third-order valence-corrected chi connectivity index (χ3v) is 4.23. The zero-order valence-corrected chi connectivity index (χ0v) is 12.5. The van der Waals surface area contributed by atoms with Gasteiger partial charge in [-0.2, -0.15) is 0 Å². The van der Waals surface area contributed by atoms with Crippen molar-refractivity contribution in [1.82, 2.24) is 0 Å². The lowest BCUT2D eigenvalue weighted by molar-refractivity contribution is -0.153. The van der Waals surface area contributed by atoms with Crippen LogP contribution in [0.5, 0.6) is 0 Å². The largest absolute Gasteiger partial charge is 0.457 e. The van der Waals surface area contributed by atoms with E-state index >= 15 is 0 Å². The third kappa shape index (κ3) is 3.44. The molecule has 2 rings (SSSR count). The molecule has 3 nitrogen and oxygen atoms in total. The molecule has 1 aromatic carbocycles. The third-order valence-electron chi connectivity index (χ3n) is 3.70. The molecule has 0 aliphatic heterocycles. The number of carbonyl (C=O) groups excluding carboxylic acids is 2. The van der Waals surface area contributed by atoms with Crippen molar-refractivity contribution in [2.75, 3.05) is 6.61 Å². The van der Waals surface area contributed by atoms with E-state index in [1.165, 1.54) is 0 Å². The molecule has 0 heterocycles. The minimum Gasteiger partial charge on any atom is -0.457 e. The molecule has 102 valence electrons. The summed E-state index contributed by atoms with van der Waals surface area (Å²) in [6.07, 6.45) is 3.84. The van der Waals surface area contributed by atoms with Crippen molar-refractivity contribution in [3.63, 3.8) is 0 Å². The van der Waals surface area contributed by atoms with E-state index in [0.29, 0.717) is 5.56 Å². The maximum absolute atomic E-state index is 12.0. The first-order valence-electron chi connectivity index (χ1n) is 6.47. The number of esters is 1. The van der Waals surface area contributed by atoms with Gasteiger partial charge in [0.05, 0.1) is 5.41 Å². The van der Waals surface area contributed by atoms with Gasteiger partial charge in [0.15, 0.2) is 12.4 Å². The molecule has 0 aromatic heterocycles. The number of carbonyl (C=O) groups is 2. The van der Waals surface area contributed by atoms with Gasteiger partial charge < -0.3 is 4.74 Å². The molecule has 0 atom stereocenters. The molecule has 0 radical (unpaired) electrons. The molecular weight excluding hydrogens is 308 g/mol. The standard InChI is InChI=1S/C15H17BrO3/c1-15(8-2-3-9-15)14(18)19-10-13(17)11-4-6-12(16)7-5-11/h4-7H,2-3,8-10H2,1H3. The minimum absolute atomic E-state index is 0.164. The molecule has 0 bridgehead atoms. The van der Waals surface area contributed by atoms with Gasteiger partial charge in [-0.3, -0.25) is 9.59 Å². The van der Waals surface area contributed by atoms with Gasteiger partial charge in [0.1, 0.15) is 0 Å². The number of ether oxygens (including phenoxy) is 1. The zero-order valence-electron chi connectivity index (χ0n) is 10.9. The van der Waals surface area contributed by atoms with Gasteiger partial charge in [0.25, 0.3) is 0 Å². The summed E-state index contributed by atoms with van der Waals surface area (Å²) >= 11 is 3.31. The van der Waals surface area contributed by atoms with Crippen LogP contribution in [0.15, 0.2) is 28.7 Å². The average Bonchev–Trinajstić information content (AvgIpc) is 2.84. The van der Waals surface area contributed by atoms with Crippen LogP contribution >= 0.6 is 15.9 Å². The summed E-state index contributed by atoms with van der Waals surface area (Å²) in [5, 5.41) is 0. The fourth-order valence-corrected chi connectivity index (χ4v) is 2.65. The van der Waals surface area contributed by atoms with E-state index in [1.807, 2.05) is 6.92 Å². The van der Waals surface area contributed by atoms with E-state index in [9.17, 15) is 9.59 Å². The van der Waals surface area contributed by atoms with Gasteiger partial charge >= 0.3 is 5.97 Å². The van der Waals surface area contributed by atoms with Crippen LogP contribution in [-0.4, -0.2) is 18.4 Å². The van der Waals surface area contributed by atoms with Crippen molar-refractivity contribution in [3.05, 3.63) is 34.3 Å². The predicted molar refractivity (Wildman–Crippen MR) is 76.0 cm³/mol. The normalized spacial score (nSPS) is 17.2. The maximum atomic E-state index is 12.0. The minimum atomic E-state index is -0.389. The Morgan fingerprint density at radius 2 is 1.79 bits per heavy atom. The van der Waals surface area contributed by atoms with Crippen molar-refractivity contribution >= 4 is 27.7 Å². The lowest BCUT2D eigenvalue weighted by Crippen LogP contribution is -2.28. The molecule has 19 heavy (non-hydrogen) atoms. The summed E-state index contributed by atoms with van der Waals surface area (Å²) in [5.74, 6) is -0.405. The second kappa shape index (κ2) is 5.87. The lowest BCUT2D eigenvalue weighted by atomic mass is 9.89. The molecule has 0 N–H and O–H groups in total. The summed E-state index contributed by atoms with van der Waals surface area (Å²) in [6, 6.07) is 7.04. The monoisotopic (exact) mass is 324 g/mol. The van der Waals surface area contributed by atoms with Crippen LogP contribution in [0, 0.1) is 5.41 Å². The molecule has 4 heteroatoms. The first-order chi connectivity index (χ1) is 9.01.